The number of halogens is 3. The predicted octanol–water partition coefficient (Wildman–Crippen LogP) is 5.05. The smallest absolute Gasteiger partial charge is 0.203 e. The van der Waals surface area contributed by atoms with Crippen molar-refractivity contribution in [3.63, 3.8) is 0 Å². The van der Waals surface area contributed by atoms with Crippen LogP contribution in [-0.4, -0.2) is 5.78 Å². The fraction of sp³-hybridized carbons (Fsp3) is 0. The van der Waals surface area contributed by atoms with Crippen LogP contribution in [0.15, 0.2) is 34.8 Å². The van der Waals surface area contributed by atoms with E-state index in [1.807, 2.05) is 0 Å². The van der Waals surface area contributed by atoms with Gasteiger partial charge < -0.3 is 0 Å². The van der Waals surface area contributed by atoms with Crippen LogP contribution in [0.5, 0.6) is 0 Å². The van der Waals surface area contributed by atoms with Crippen LogP contribution in [0, 0.1) is 0 Å². The summed E-state index contributed by atoms with van der Waals surface area (Å²) in [4.78, 5) is 12.6. The van der Waals surface area contributed by atoms with E-state index in [2.05, 4.69) is 15.9 Å². The summed E-state index contributed by atoms with van der Waals surface area (Å²) in [6, 6.07) is 8.51. The van der Waals surface area contributed by atoms with Crippen molar-refractivity contribution in [1.29, 1.82) is 0 Å². The van der Waals surface area contributed by atoms with E-state index in [0.717, 1.165) is 4.47 Å². The minimum atomic E-state index is -0.0470. The molecule has 1 aromatic heterocycles. The normalized spacial score (nSPS) is 10.4. The topological polar surface area (TPSA) is 17.1 Å². The monoisotopic (exact) mass is 334 g/mol. The maximum Gasteiger partial charge on any atom is 0.203 e. The van der Waals surface area contributed by atoms with Gasteiger partial charge in [-0.15, -0.1) is 11.3 Å². The molecule has 0 aliphatic heterocycles. The van der Waals surface area contributed by atoms with Crippen LogP contribution in [0.1, 0.15) is 15.2 Å². The van der Waals surface area contributed by atoms with Gasteiger partial charge in [-0.25, -0.2) is 0 Å². The van der Waals surface area contributed by atoms with Gasteiger partial charge in [0.15, 0.2) is 0 Å². The van der Waals surface area contributed by atoms with Crippen molar-refractivity contribution in [3.05, 3.63) is 54.6 Å². The number of hydrogen-bond acceptors (Lipinski definition) is 2. The maximum absolute atomic E-state index is 12.0. The fourth-order valence-corrected chi connectivity index (χ4v) is 2.99. The number of carbonyl (C=O) groups excluding carboxylic acids is 1. The first-order chi connectivity index (χ1) is 7.58. The Morgan fingerprint density at radius 2 is 1.81 bits per heavy atom. The number of ketones is 1. The molecule has 2 aromatic rings. The lowest BCUT2D eigenvalue weighted by Gasteiger charge is -1.97. The molecule has 0 fully saturated rings. The van der Waals surface area contributed by atoms with Crippen LogP contribution in [0.2, 0.25) is 9.36 Å². The van der Waals surface area contributed by atoms with Crippen molar-refractivity contribution in [2.75, 3.05) is 0 Å². The second kappa shape index (κ2) is 4.88. The minimum absolute atomic E-state index is 0.0470. The number of hydrogen-bond donors (Lipinski definition) is 0. The first kappa shape index (κ1) is 12.1. The van der Waals surface area contributed by atoms with Gasteiger partial charge >= 0.3 is 0 Å². The van der Waals surface area contributed by atoms with Crippen molar-refractivity contribution in [1.82, 2.24) is 0 Å². The first-order valence-corrected chi connectivity index (χ1v) is 6.69. The molecule has 0 atom stereocenters. The van der Waals surface area contributed by atoms with E-state index in [4.69, 9.17) is 23.2 Å². The highest BCUT2D eigenvalue weighted by Gasteiger charge is 2.13. The molecule has 0 saturated carbocycles. The van der Waals surface area contributed by atoms with Gasteiger partial charge in [-0.3, -0.25) is 4.79 Å². The Balaban J connectivity index is 2.35. The standard InChI is InChI=1S/C11H5BrCl2OS/c12-8-5-9(16-11(8)14)10(15)6-1-3-7(13)4-2-6/h1-5H. The summed E-state index contributed by atoms with van der Waals surface area (Å²) in [7, 11) is 0. The second-order valence-electron chi connectivity index (χ2n) is 3.07. The van der Waals surface area contributed by atoms with Crippen LogP contribution in [-0.2, 0) is 0 Å². The molecular formula is C11H5BrCl2OS. The van der Waals surface area contributed by atoms with Crippen molar-refractivity contribution in [3.8, 4) is 0 Å². The highest BCUT2D eigenvalue weighted by molar-refractivity contribution is 9.10. The molecule has 0 N–H and O–H groups in total. The Hall–Kier alpha value is -0.350. The van der Waals surface area contributed by atoms with Gasteiger partial charge in [0, 0.05) is 15.1 Å². The molecule has 0 unspecified atom stereocenters. The summed E-state index contributed by atoms with van der Waals surface area (Å²) >= 11 is 16.2. The van der Waals surface area contributed by atoms with Crippen LogP contribution >= 0.6 is 50.5 Å². The lowest BCUT2D eigenvalue weighted by Crippen LogP contribution is -1.97. The molecule has 0 amide bonds. The van der Waals surface area contributed by atoms with Crippen molar-refractivity contribution >= 4 is 56.3 Å². The van der Waals surface area contributed by atoms with Gasteiger partial charge in [-0.1, -0.05) is 23.2 Å². The Kier molecular flexibility index (Phi) is 3.70. The summed E-state index contributed by atoms with van der Waals surface area (Å²) in [6.45, 7) is 0. The lowest BCUT2D eigenvalue weighted by molar-refractivity contribution is 0.104. The molecule has 5 heteroatoms. The summed E-state index contributed by atoms with van der Waals surface area (Å²) in [5.74, 6) is -0.0470. The average Bonchev–Trinajstić information content (AvgIpc) is 2.59. The van der Waals surface area contributed by atoms with Crippen LogP contribution < -0.4 is 0 Å². The van der Waals surface area contributed by atoms with E-state index in [0.29, 0.717) is 19.8 Å². The molecule has 0 spiro atoms. The lowest BCUT2D eigenvalue weighted by atomic mass is 10.1. The zero-order valence-corrected chi connectivity index (χ0v) is 11.8. The van der Waals surface area contributed by atoms with E-state index >= 15 is 0 Å². The molecule has 16 heavy (non-hydrogen) atoms. The highest BCUT2D eigenvalue weighted by atomic mass is 79.9. The zero-order chi connectivity index (χ0) is 11.7. The quantitative estimate of drug-likeness (QED) is 0.702. The fourth-order valence-electron chi connectivity index (χ4n) is 1.20. The molecule has 0 aliphatic carbocycles. The van der Waals surface area contributed by atoms with E-state index in [9.17, 15) is 4.79 Å². The number of rotatable bonds is 2. The van der Waals surface area contributed by atoms with Crippen molar-refractivity contribution in [2.45, 2.75) is 0 Å². The largest absolute Gasteiger partial charge is 0.288 e. The molecule has 0 saturated heterocycles. The van der Waals surface area contributed by atoms with Crippen LogP contribution in [0.3, 0.4) is 0 Å². The third-order valence-electron chi connectivity index (χ3n) is 1.98. The Morgan fingerprint density at radius 1 is 1.19 bits per heavy atom. The summed E-state index contributed by atoms with van der Waals surface area (Å²) < 4.78 is 1.33. The van der Waals surface area contributed by atoms with Crippen molar-refractivity contribution < 1.29 is 4.79 Å². The molecule has 0 bridgehead atoms. The summed E-state index contributed by atoms with van der Waals surface area (Å²) in [6.07, 6.45) is 0. The van der Waals surface area contributed by atoms with Gasteiger partial charge in [0.2, 0.25) is 5.78 Å². The summed E-state index contributed by atoms with van der Waals surface area (Å²) in [5, 5.41) is 0.613. The molecule has 2 rings (SSSR count). The molecule has 0 radical (unpaired) electrons. The van der Waals surface area contributed by atoms with Crippen molar-refractivity contribution in [2.24, 2.45) is 0 Å². The highest BCUT2D eigenvalue weighted by Crippen LogP contribution is 2.33. The predicted molar refractivity (Wildman–Crippen MR) is 71.9 cm³/mol. The van der Waals surface area contributed by atoms with E-state index in [1.165, 1.54) is 11.3 Å². The molecule has 1 nitrogen and oxygen atoms in total. The van der Waals surface area contributed by atoms with Crippen LogP contribution in [0.25, 0.3) is 0 Å². The zero-order valence-electron chi connectivity index (χ0n) is 7.84. The van der Waals surface area contributed by atoms with Gasteiger partial charge in [0.1, 0.15) is 4.34 Å². The number of thiophene rings is 1. The van der Waals surface area contributed by atoms with Gasteiger partial charge in [-0.2, -0.15) is 0 Å². The van der Waals surface area contributed by atoms with E-state index in [-0.39, 0.29) is 5.78 Å². The van der Waals surface area contributed by atoms with Gasteiger partial charge in [0.25, 0.3) is 0 Å². The van der Waals surface area contributed by atoms with Crippen LogP contribution in [0.4, 0.5) is 0 Å². The average molecular weight is 336 g/mol. The molecule has 1 heterocycles. The second-order valence-corrected chi connectivity index (χ2v) is 6.01. The Morgan fingerprint density at radius 3 is 2.31 bits per heavy atom. The minimum Gasteiger partial charge on any atom is -0.288 e. The Labute approximate surface area is 115 Å². The molecule has 0 aliphatic rings. The third-order valence-corrected chi connectivity index (χ3v) is 4.70. The van der Waals surface area contributed by atoms with Gasteiger partial charge in [0.05, 0.1) is 4.88 Å². The van der Waals surface area contributed by atoms with E-state index in [1.54, 1.807) is 30.3 Å². The number of carbonyl (C=O) groups is 1. The maximum atomic E-state index is 12.0. The van der Waals surface area contributed by atoms with Gasteiger partial charge in [-0.05, 0) is 46.3 Å². The molecule has 1 aromatic carbocycles. The SMILES string of the molecule is O=C(c1ccc(Cl)cc1)c1cc(Br)c(Cl)s1. The molecule has 82 valence electrons. The summed E-state index contributed by atoms with van der Waals surface area (Å²) in [5.41, 5.74) is 0.606. The van der Waals surface area contributed by atoms with E-state index < -0.39 is 0 Å². The number of benzene rings is 1. The molecular weight excluding hydrogens is 331 g/mol. The Bertz CT molecular complexity index is 514. The third kappa shape index (κ3) is 2.48. The first-order valence-electron chi connectivity index (χ1n) is 4.33.